The number of rotatable bonds is 2. The van der Waals surface area contributed by atoms with Crippen LogP contribution in [0, 0.1) is 0 Å². The van der Waals surface area contributed by atoms with Crippen molar-refractivity contribution < 1.29 is 0 Å². The number of aromatic nitrogens is 4. The Bertz CT molecular complexity index is 3700. The Labute approximate surface area is 305 Å². The summed E-state index contributed by atoms with van der Waals surface area (Å²) in [6.45, 7) is 0. The SMILES string of the molecule is c1ccc2cc(-c3nc(-n4c5ccccc5c5cc6c7c8ccccc8ccc7n7c8ccccc8c(c54)c67)nc4sc5ccccc5c34)ccc2c1. The van der Waals surface area contributed by atoms with Gasteiger partial charge in [0.2, 0.25) is 5.95 Å². The first-order valence-electron chi connectivity index (χ1n) is 18.0. The van der Waals surface area contributed by atoms with Crippen molar-refractivity contribution in [1.82, 2.24) is 18.9 Å². The van der Waals surface area contributed by atoms with E-state index in [1.807, 2.05) is 0 Å². The zero-order valence-corrected chi connectivity index (χ0v) is 29.0. The lowest BCUT2D eigenvalue weighted by atomic mass is 10.00. The third-order valence-corrected chi connectivity index (χ3v) is 12.5. The highest BCUT2D eigenvalue weighted by Gasteiger charge is 2.26. The molecule has 244 valence electrons. The molecule has 13 aromatic rings. The molecule has 0 aliphatic rings. The van der Waals surface area contributed by atoms with E-state index in [9.17, 15) is 0 Å². The van der Waals surface area contributed by atoms with Crippen molar-refractivity contribution >= 4 is 113 Å². The van der Waals surface area contributed by atoms with Gasteiger partial charge in [-0.25, -0.2) is 9.97 Å². The highest BCUT2D eigenvalue weighted by Crippen LogP contribution is 2.48. The fraction of sp³-hybridized carbons (Fsp3) is 0. The monoisotopic (exact) mass is 690 g/mol. The molecule has 0 amide bonds. The molecular formula is C48H26N4S. The Hall–Kier alpha value is -6.82. The number of fused-ring (bicyclic) bond motifs is 16. The number of thiophene rings is 1. The number of hydrogen-bond acceptors (Lipinski definition) is 3. The van der Waals surface area contributed by atoms with Gasteiger partial charge in [0.15, 0.2) is 0 Å². The smallest absolute Gasteiger partial charge is 0.236 e. The molecular weight excluding hydrogens is 665 g/mol. The summed E-state index contributed by atoms with van der Waals surface area (Å²) < 4.78 is 6.04. The third kappa shape index (κ3) is 3.54. The van der Waals surface area contributed by atoms with E-state index in [0.717, 1.165) is 32.5 Å². The zero-order valence-electron chi connectivity index (χ0n) is 28.2. The molecule has 53 heavy (non-hydrogen) atoms. The van der Waals surface area contributed by atoms with E-state index in [-0.39, 0.29) is 0 Å². The molecule has 0 aliphatic carbocycles. The molecule has 0 spiro atoms. The van der Waals surface area contributed by atoms with Crippen LogP contribution in [0.3, 0.4) is 0 Å². The second-order valence-corrected chi connectivity index (χ2v) is 15.2. The van der Waals surface area contributed by atoms with Crippen LogP contribution in [-0.4, -0.2) is 18.9 Å². The lowest BCUT2D eigenvalue weighted by Crippen LogP contribution is -2.03. The summed E-state index contributed by atoms with van der Waals surface area (Å²) >= 11 is 1.74. The summed E-state index contributed by atoms with van der Waals surface area (Å²) in [4.78, 5) is 12.1. The molecule has 0 aliphatic heterocycles. The van der Waals surface area contributed by atoms with E-state index in [2.05, 4.69) is 167 Å². The maximum Gasteiger partial charge on any atom is 0.236 e. The Balaban J connectivity index is 1.24. The standard InChI is InChI=1S/C48H26N4S/c1-2-13-29-25-30(22-21-27(29)11-1)44-42-34-17-7-10-20-40(34)53-47(42)50-48(49-44)52-37-18-8-5-15-32(37)35-26-36-41-31-14-4-3-12-28(31)23-24-39(41)51-38-19-9-6-16-33(38)43(45(35)52)46(36)51/h1-26H. The molecule has 0 unspecified atom stereocenters. The Kier molecular flexibility index (Phi) is 5.22. The van der Waals surface area contributed by atoms with Gasteiger partial charge in [-0.05, 0) is 57.9 Å². The summed E-state index contributed by atoms with van der Waals surface area (Å²) in [5, 5.41) is 14.7. The average molecular weight is 691 g/mol. The Morgan fingerprint density at radius 2 is 1.11 bits per heavy atom. The van der Waals surface area contributed by atoms with Crippen LogP contribution in [0.1, 0.15) is 0 Å². The van der Waals surface area contributed by atoms with E-state index < -0.39 is 0 Å². The maximum atomic E-state index is 5.61. The average Bonchev–Trinajstić information content (AvgIpc) is 3.95. The fourth-order valence-corrected chi connectivity index (χ4v) is 10.3. The third-order valence-electron chi connectivity index (χ3n) is 11.4. The van der Waals surface area contributed by atoms with Crippen LogP contribution < -0.4 is 0 Å². The molecule has 5 heteroatoms. The summed E-state index contributed by atoms with van der Waals surface area (Å²) in [7, 11) is 0. The van der Waals surface area contributed by atoms with E-state index in [4.69, 9.17) is 9.97 Å². The molecule has 13 rings (SSSR count). The normalized spacial score (nSPS) is 12.5. The second-order valence-electron chi connectivity index (χ2n) is 14.1. The van der Waals surface area contributed by atoms with Gasteiger partial charge in [-0.15, -0.1) is 11.3 Å². The maximum absolute atomic E-state index is 5.61. The van der Waals surface area contributed by atoms with Crippen LogP contribution in [0.25, 0.3) is 119 Å². The van der Waals surface area contributed by atoms with E-state index in [1.54, 1.807) is 11.3 Å². The van der Waals surface area contributed by atoms with Gasteiger partial charge in [-0.2, -0.15) is 0 Å². The van der Waals surface area contributed by atoms with Crippen LogP contribution in [0.5, 0.6) is 0 Å². The number of benzene rings is 8. The first-order chi connectivity index (χ1) is 26.3. The van der Waals surface area contributed by atoms with Crippen molar-refractivity contribution in [2.24, 2.45) is 0 Å². The number of para-hydroxylation sites is 2. The first-order valence-corrected chi connectivity index (χ1v) is 18.8. The number of hydrogen-bond donors (Lipinski definition) is 0. The fourth-order valence-electron chi connectivity index (χ4n) is 9.24. The van der Waals surface area contributed by atoms with Gasteiger partial charge in [0, 0.05) is 53.4 Å². The number of nitrogens with zero attached hydrogens (tertiary/aromatic N) is 4. The summed E-state index contributed by atoms with van der Waals surface area (Å²) in [6, 6.07) is 57.3. The second kappa shape index (κ2) is 9.94. The summed E-state index contributed by atoms with van der Waals surface area (Å²) in [6.07, 6.45) is 0. The van der Waals surface area contributed by atoms with Gasteiger partial charge in [0.1, 0.15) is 4.83 Å². The van der Waals surface area contributed by atoms with Crippen LogP contribution >= 0.6 is 11.3 Å². The van der Waals surface area contributed by atoms with Crippen molar-refractivity contribution in [3.63, 3.8) is 0 Å². The highest BCUT2D eigenvalue weighted by molar-refractivity contribution is 7.25. The summed E-state index contributed by atoms with van der Waals surface area (Å²) in [5.41, 5.74) is 7.97. The molecule has 0 fully saturated rings. The predicted molar refractivity (Wildman–Crippen MR) is 224 cm³/mol. The minimum Gasteiger partial charge on any atom is -0.308 e. The van der Waals surface area contributed by atoms with Crippen LogP contribution in [-0.2, 0) is 0 Å². The molecule has 0 N–H and O–H groups in total. The highest BCUT2D eigenvalue weighted by atomic mass is 32.1. The zero-order chi connectivity index (χ0) is 34.4. The largest absolute Gasteiger partial charge is 0.308 e. The molecule has 0 radical (unpaired) electrons. The van der Waals surface area contributed by atoms with Crippen LogP contribution in [0.15, 0.2) is 158 Å². The molecule has 0 saturated heterocycles. The van der Waals surface area contributed by atoms with Gasteiger partial charge >= 0.3 is 0 Å². The lowest BCUT2D eigenvalue weighted by molar-refractivity contribution is 1.02. The van der Waals surface area contributed by atoms with Gasteiger partial charge in [0.25, 0.3) is 0 Å². The molecule has 4 nitrogen and oxygen atoms in total. The van der Waals surface area contributed by atoms with E-state index in [0.29, 0.717) is 5.95 Å². The van der Waals surface area contributed by atoms with Gasteiger partial charge in [0.05, 0.1) is 33.3 Å². The quantitative estimate of drug-likeness (QED) is 0.181. The first kappa shape index (κ1) is 27.8. The van der Waals surface area contributed by atoms with E-state index >= 15 is 0 Å². The minimum absolute atomic E-state index is 0.687. The van der Waals surface area contributed by atoms with Crippen molar-refractivity contribution in [3.8, 4) is 17.2 Å². The predicted octanol–water partition coefficient (Wildman–Crippen LogP) is 13.1. The minimum atomic E-state index is 0.687. The van der Waals surface area contributed by atoms with Crippen molar-refractivity contribution in [1.29, 1.82) is 0 Å². The Morgan fingerprint density at radius 1 is 0.415 bits per heavy atom. The van der Waals surface area contributed by atoms with Crippen molar-refractivity contribution in [3.05, 3.63) is 158 Å². The van der Waals surface area contributed by atoms with Gasteiger partial charge < -0.3 is 4.40 Å². The summed E-state index contributed by atoms with van der Waals surface area (Å²) in [5.74, 6) is 0.687. The topological polar surface area (TPSA) is 35.1 Å². The van der Waals surface area contributed by atoms with Crippen LogP contribution in [0.2, 0.25) is 0 Å². The lowest BCUT2D eigenvalue weighted by Gasteiger charge is -2.12. The molecule has 5 heterocycles. The van der Waals surface area contributed by atoms with Crippen molar-refractivity contribution in [2.45, 2.75) is 0 Å². The molecule has 0 atom stereocenters. The van der Waals surface area contributed by atoms with E-state index in [1.165, 1.54) is 80.5 Å². The molecule has 8 aromatic carbocycles. The van der Waals surface area contributed by atoms with Crippen molar-refractivity contribution in [2.75, 3.05) is 0 Å². The Morgan fingerprint density at radius 3 is 2.00 bits per heavy atom. The van der Waals surface area contributed by atoms with Gasteiger partial charge in [-0.3, -0.25) is 4.57 Å². The molecule has 5 aromatic heterocycles. The van der Waals surface area contributed by atoms with Gasteiger partial charge in [-0.1, -0.05) is 121 Å². The van der Waals surface area contributed by atoms with Crippen LogP contribution in [0.4, 0.5) is 0 Å². The molecule has 0 saturated carbocycles. The molecule has 0 bridgehead atoms.